The van der Waals surface area contributed by atoms with E-state index in [-0.39, 0.29) is 0 Å². The molecule has 14 heavy (non-hydrogen) atoms. The van der Waals surface area contributed by atoms with Crippen LogP contribution in [0.15, 0.2) is 4.99 Å². The van der Waals surface area contributed by atoms with Crippen LogP contribution in [0.3, 0.4) is 0 Å². The van der Waals surface area contributed by atoms with E-state index in [1.807, 2.05) is 0 Å². The first-order valence-electron chi connectivity index (χ1n) is 3.30. The van der Waals surface area contributed by atoms with E-state index in [0.29, 0.717) is 0 Å². The standard InChI is InChI=1S/C5H6N4O5/c6-3(12)7-1-5(14,2(10)11)9-4(13)8-1/h14H,(H,10,11)(H4,6,7,8,9,12,13)/t5-/m1/s1. The fourth-order valence-electron chi connectivity index (χ4n) is 0.814. The Kier molecular flexibility index (Phi) is 2.10. The number of aliphatic carboxylic acids is 1. The van der Waals surface area contributed by atoms with Gasteiger partial charge >= 0.3 is 18.0 Å². The second-order valence-electron chi connectivity index (χ2n) is 2.40. The number of carboxylic acid groups (broad SMARTS) is 1. The number of carbonyl (C=O) groups excluding carboxylic acids is 2. The molecule has 0 saturated heterocycles. The predicted octanol–water partition coefficient (Wildman–Crippen LogP) is -2.45. The molecule has 0 radical (unpaired) electrons. The highest BCUT2D eigenvalue weighted by molar-refractivity contribution is 6.20. The third-order valence-electron chi connectivity index (χ3n) is 1.39. The largest absolute Gasteiger partial charge is 0.477 e. The van der Waals surface area contributed by atoms with Gasteiger partial charge in [0.2, 0.25) is 0 Å². The Hall–Kier alpha value is -2.16. The number of aliphatic hydroxyl groups is 1. The minimum absolute atomic E-state index is 0.762. The van der Waals surface area contributed by atoms with Crippen molar-refractivity contribution in [2.24, 2.45) is 10.7 Å². The first-order chi connectivity index (χ1) is 6.36. The monoisotopic (exact) mass is 202 g/mol. The first kappa shape index (κ1) is 9.92. The number of amides is 4. The van der Waals surface area contributed by atoms with Gasteiger partial charge in [0, 0.05) is 0 Å². The highest BCUT2D eigenvalue weighted by Crippen LogP contribution is 2.09. The Balaban J connectivity index is 3.00. The molecular formula is C5H6N4O5. The average molecular weight is 202 g/mol. The van der Waals surface area contributed by atoms with E-state index in [2.05, 4.69) is 10.7 Å². The van der Waals surface area contributed by atoms with Crippen LogP contribution < -0.4 is 16.4 Å². The first-order valence-corrected chi connectivity index (χ1v) is 3.30. The molecule has 0 aliphatic carbocycles. The van der Waals surface area contributed by atoms with E-state index in [0.717, 1.165) is 0 Å². The molecule has 0 aromatic rings. The van der Waals surface area contributed by atoms with Crippen molar-refractivity contribution in [2.45, 2.75) is 5.72 Å². The van der Waals surface area contributed by atoms with E-state index >= 15 is 0 Å². The smallest absolute Gasteiger partial charge is 0.365 e. The highest BCUT2D eigenvalue weighted by atomic mass is 16.4. The summed E-state index contributed by atoms with van der Waals surface area (Å²) in [5, 5.41) is 21.2. The fraction of sp³-hybridized carbons (Fsp3) is 0.200. The van der Waals surface area contributed by atoms with Gasteiger partial charge in [0.1, 0.15) is 0 Å². The molecule has 0 saturated carbocycles. The molecule has 0 fully saturated rings. The van der Waals surface area contributed by atoms with Crippen molar-refractivity contribution >= 4 is 23.9 Å². The van der Waals surface area contributed by atoms with Crippen LogP contribution in [0.4, 0.5) is 9.59 Å². The van der Waals surface area contributed by atoms with Crippen molar-refractivity contribution < 1.29 is 24.6 Å². The third kappa shape index (κ3) is 1.47. The number of aliphatic imine (C=N–C) groups is 1. The minimum Gasteiger partial charge on any atom is -0.477 e. The Morgan fingerprint density at radius 3 is 2.57 bits per heavy atom. The van der Waals surface area contributed by atoms with Gasteiger partial charge in [0.25, 0.3) is 5.72 Å². The SMILES string of the molecule is NC(=O)NC1=NC(=O)N[C@]1(O)C(=O)O. The number of primary amides is 1. The molecule has 1 atom stereocenters. The van der Waals surface area contributed by atoms with Gasteiger partial charge in [0.15, 0.2) is 5.84 Å². The van der Waals surface area contributed by atoms with Gasteiger partial charge in [-0.3, -0.25) is 10.6 Å². The Labute approximate surface area is 76.6 Å². The molecule has 1 aliphatic rings. The lowest BCUT2D eigenvalue weighted by Gasteiger charge is -2.18. The topological polar surface area (TPSA) is 154 Å². The molecule has 1 heterocycles. The number of nitrogens with zero attached hydrogens (tertiary/aromatic N) is 1. The van der Waals surface area contributed by atoms with Crippen LogP contribution in [-0.4, -0.2) is 39.8 Å². The lowest BCUT2D eigenvalue weighted by Crippen LogP contribution is -2.60. The summed E-state index contributed by atoms with van der Waals surface area (Å²) in [5.74, 6) is -2.54. The molecule has 6 N–H and O–H groups in total. The number of carboxylic acids is 1. The van der Waals surface area contributed by atoms with Crippen LogP contribution in [0.1, 0.15) is 0 Å². The molecule has 1 rings (SSSR count). The Morgan fingerprint density at radius 1 is 1.57 bits per heavy atom. The van der Waals surface area contributed by atoms with Crippen molar-refractivity contribution in [3.8, 4) is 0 Å². The maximum atomic E-state index is 10.6. The maximum Gasteiger partial charge on any atom is 0.365 e. The number of nitrogens with two attached hydrogens (primary N) is 1. The number of nitrogens with one attached hydrogen (secondary N) is 2. The minimum atomic E-state index is -2.73. The van der Waals surface area contributed by atoms with Gasteiger partial charge in [-0.15, -0.1) is 0 Å². The summed E-state index contributed by atoms with van der Waals surface area (Å²) in [6, 6.07) is -2.22. The zero-order valence-corrected chi connectivity index (χ0v) is 6.64. The second-order valence-corrected chi connectivity index (χ2v) is 2.40. The summed E-state index contributed by atoms with van der Waals surface area (Å²) in [4.78, 5) is 34.6. The van der Waals surface area contributed by atoms with Gasteiger partial charge in [-0.25, -0.2) is 14.4 Å². The maximum absolute atomic E-state index is 10.6. The number of carbonyl (C=O) groups is 3. The normalized spacial score (nSPS) is 25.2. The summed E-state index contributed by atoms with van der Waals surface area (Å²) in [6.07, 6.45) is 0. The molecular weight excluding hydrogens is 196 g/mol. The van der Waals surface area contributed by atoms with Crippen LogP contribution in [0.5, 0.6) is 0 Å². The van der Waals surface area contributed by atoms with Crippen molar-refractivity contribution in [3.63, 3.8) is 0 Å². The van der Waals surface area contributed by atoms with Crippen LogP contribution in [0, 0.1) is 0 Å². The summed E-state index contributed by atoms with van der Waals surface area (Å²) in [7, 11) is 0. The van der Waals surface area contributed by atoms with Crippen LogP contribution in [0.25, 0.3) is 0 Å². The van der Waals surface area contributed by atoms with E-state index in [9.17, 15) is 19.5 Å². The molecule has 9 heteroatoms. The molecule has 76 valence electrons. The molecule has 9 nitrogen and oxygen atoms in total. The van der Waals surface area contributed by atoms with Crippen molar-refractivity contribution in [3.05, 3.63) is 0 Å². The van der Waals surface area contributed by atoms with Gasteiger partial charge in [-0.05, 0) is 0 Å². The fourth-order valence-corrected chi connectivity index (χ4v) is 0.814. The second kappa shape index (κ2) is 2.96. The van der Waals surface area contributed by atoms with E-state index in [1.54, 1.807) is 10.6 Å². The van der Waals surface area contributed by atoms with E-state index < -0.39 is 29.6 Å². The lowest BCUT2D eigenvalue weighted by molar-refractivity contribution is -0.152. The quantitative estimate of drug-likeness (QED) is 0.319. The summed E-state index contributed by atoms with van der Waals surface area (Å²) in [5.41, 5.74) is 1.93. The summed E-state index contributed by atoms with van der Waals surface area (Å²) in [6.45, 7) is 0. The Bertz CT molecular complexity index is 350. The Morgan fingerprint density at radius 2 is 2.14 bits per heavy atom. The number of rotatable bonds is 1. The van der Waals surface area contributed by atoms with Gasteiger partial charge < -0.3 is 15.9 Å². The van der Waals surface area contributed by atoms with Gasteiger partial charge in [-0.1, -0.05) is 0 Å². The average Bonchev–Trinajstić information content (AvgIpc) is 2.26. The van der Waals surface area contributed by atoms with Gasteiger partial charge in [-0.2, -0.15) is 4.99 Å². The van der Waals surface area contributed by atoms with Crippen LogP contribution >= 0.6 is 0 Å². The van der Waals surface area contributed by atoms with Gasteiger partial charge in [0.05, 0.1) is 0 Å². The summed E-state index contributed by atoms with van der Waals surface area (Å²) >= 11 is 0. The highest BCUT2D eigenvalue weighted by Gasteiger charge is 2.49. The zero-order chi connectivity index (χ0) is 10.9. The molecule has 0 aromatic carbocycles. The number of amidine groups is 1. The zero-order valence-electron chi connectivity index (χ0n) is 6.64. The van der Waals surface area contributed by atoms with Crippen molar-refractivity contribution in [1.29, 1.82) is 0 Å². The molecule has 0 bridgehead atoms. The van der Waals surface area contributed by atoms with Crippen molar-refractivity contribution in [1.82, 2.24) is 10.6 Å². The third-order valence-corrected chi connectivity index (χ3v) is 1.39. The number of urea groups is 2. The lowest BCUT2D eigenvalue weighted by atomic mass is 10.2. The molecule has 1 aliphatic heterocycles. The number of hydrogen-bond donors (Lipinski definition) is 5. The van der Waals surface area contributed by atoms with E-state index in [1.165, 1.54) is 0 Å². The molecule has 0 aromatic heterocycles. The molecule has 0 spiro atoms. The molecule has 0 unspecified atom stereocenters. The number of hydrogen-bond acceptors (Lipinski definition) is 4. The van der Waals surface area contributed by atoms with E-state index in [4.69, 9.17) is 5.11 Å². The summed E-state index contributed by atoms with van der Waals surface area (Å²) < 4.78 is 0. The molecule has 4 amide bonds. The van der Waals surface area contributed by atoms with Crippen LogP contribution in [0.2, 0.25) is 0 Å². The predicted molar refractivity (Wildman–Crippen MR) is 41.3 cm³/mol. The van der Waals surface area contributed by atoms with Crippen molar-refractivity contribution in [2.75, 3.05) is 0 Å². The van der Waals surface area contributed by atoms with Crippen LogP contribution in [-0.2, 0) is 4.79 Å².